The van der Waals surface area contributed by atoms with E-state index in [1.54, 1.807) is 0 Å². The number of rotatable bonds is 6. The van der Waals surface area contributed by atoms with E-state index in [4.69, 9.17) is 15.7 Å². The van der Waals surface area contributed by atoms with Crippen LogP contribution in [0.15, 0.2) is 0 Å². The van der Waals surface area contributed by atoms with Gasteiger partial charge in [-0.25, -0.2) is 0 Å². The maximum Gasteiger partial charge on any atom is 0.307 e. The van der Waals surface area contributed by atoms with E-state index >= 15 is 0 Å². The van der Waals surface area contributed by atoms with E-state index in [-0.39, 0.29) is 25.4 Å². The van der Waals surface area contributed by atoms with E-state index in [0.717, 1.165) is 12.8 Å². The second-order valence-corrected chi connectivity index (χ2v) is 3.37. The van der Waals surface area contributed by atoms with Crippen molar-refractivity contribution in [3.8, 4) is 6.07 Å². The van der Waals surface area contributed by atoms with Crippen molar-refractivity contribution in [3.05, 3.63) is 0 Å². The van der Waals surface area contributed by atoms with Crippen LogP contribution in [0, 0.1) is 11.3 Å². The van der Waals surface area contributed by atoms with Crippen LogP contribution in [0.3, 0.4) is 0 Å². The number of ether oxygens (including phenoxy) is 1. The van der Waals surface area contributed by atoms with Gasteiger partial charge in [-0.15, -0.1) is 0 Å². The van der Waals surface area contributed by atoms with Crippen LogP contribution < -0.4 is 5.73 Å². The molecule has 0 fully saturated rings. The summed E-state index contributed by atoms with van der Waals surface area (Å²) in [6.45, 7) is 4.07. The minimum Gasteiger partial charge on any atom is -0.465 e. The summed E-state index contributed by atoms with van der Waals surface area (Å²) in [6.07, 6.45) is 1.96. The molecule has 0 bridgehead atoms. The van der Waals surface area contributed by atoms with Crippen LogP contribution in [-0.2, 0) is 9.53 Å². The van der Waals surface area contributed by atoms with Gasteiger partial charge in [0.1, 0.15) is 6.61 Å². The first kappa shape index (κ1) is 12.9. The van der Waals surface area contributed by atoms with Gasteiger partial charge in [0.05, 0.1) is 18.9 Å². The average Bonchev–Trinajstić information content (AvgIpc) is 2.18. The third kappa shape index (κ3) is 4.83. The Morgan fingerprint density at radius 2 is 2.07 bits per heavy atom. The maximum atomic E-state index is 11.2. The number of hydrogen-bond donors (Lipinski definition) is 1. The molecule has 0 atom stereocenters. The number of nitrogens with zero attached hydrogens (tertiary/aromatic N) is 1. The number of carbonyl (C=O) groups excluding carboxylic acids is 1. The van der Waals surface area contributed by atoms with Crippen molar-refractivity contribution in [2.45, 2.75) is 45.1 Å². The van der Waals surface area contributed by atoms with Crippen molar-refractivity contribution in [3.63, 3.8) is 0 Å². The normalized spacial score (nSPS) is 10.7. The maximum absolute atomic E-state index is 11.2. The minimum atomic E-state index is -0.455. The van der Waals surface area contributed by atoms with Gasteiger partial charge >= 0.3 is 5.97 Å². The fraction of sp³-hybridized carbons (Fsp3) is 0.800. The van der Waals surface area contributed by atoms with Crippen LogP contribution in [0.25, 0.3) is 0 Å². The molecule has 0 aromatic heterocycles. The van der Waals surface area contributed by atoms with Crippen LogP contribution in [0.4, 0.5) is 0 Å². The van der Waals surface area contributed by atoms with E-state index in [1.165, 1.54) is 0 Å². The van der Waals surface area contributed by atoms with E-state index in [1.807, 2.05) is 19.9 Å². The lowest BCUT2D eigenvalue weighted by Crippen LogP contribution is -2.41. The molecule has 0 heterocycles. The molecule has 4 nitrogen and oxygen atoms in total. The molecule has 0 rings (SSSR count). The second-order valence-electron chi connectivity index (χ2n) is 3.37. The number of carbonyl (C=O) groups is 1. The van der Waals surface area contributed by atoms with Crippen molar-refractivity contribution < 1.29 is 9.53 Å². The lowest BCUT2D eigenvalue weighted by Gasteiger charge is -2.25. The second kappa shape index (κ2) is 6.39. The molecule has 0 aromatic carbocycles. The molecule has 4 heteroatoms. The van der Waals surface area contributed by atoms with Gasteiger partial charge in [-0.2, -0.15) is 5.26 Å². The smallest absolute Gasteiger partial charge is 0.307 e. The van der Waals surface area contributed by atoms with Gasteiger partial charge in [0.2, 0.25) is 0 Å². The first-order valence-electron chi connectivity index (χ1n) is 4.89. The number of hydrogen-bond acceptors (Lipinski definition) is 4. The highest BCUT2D eigenvalue weighted by Crippen LogP contribution is 2.16. The zero-order chi connectivity index (χ0) is 11.0. The summed E-state index contributed by atoms with van der Waals surface area (Å²) in [6, 6.07) is 1.91. The van der Waals surface area contributed by atoms with Crippen molar-refractivity contribution in [2.24, 2.45) is 5.73 Å². The first-order chi connectivity index (χ1) is 6.58. The summed E-state index contributed by atoms with van der Waals surface area (Å²) >= 11 is 0. The van der Waals surface area contributed by atoms with E-state index < -0.39 is 5.54 Å². The molecule has 0 amide bonds. The molecule has 0 aromatic rings. The van der Waals surface area contributed by atoms with Gasteiger partial charge in [0.15, 0.2) is 0 Å². The zero-order valence-corrected chi connectivity index (χ0v) is 8.88. The van der Waals surface area contributed by atoms with Crippen LogP contribution in [0.5, 0.6) is 0 Å². The molecule has 0 radical (unpaired) electrons. The van der Waals surface area contributed by atoms with Gasteiger partial charge in [-0.05, 0) is 12.8 Å². The molecule has 80 valence electrons. The van der Waals surface area contributed by atoms with Gasteiger partial charge in [0, 0.05) is 5.54 Å². The van der Waals surface area contributed by atoms with Gasteiger partial charge in [-0.1, -0.05) is 13.8 Å². The van der Waals surface area contributed by atoms with Crippen LogP contribution in [0.2, 0.25) is 0 Å². The van der Waals surface area contributed by atoms with Crippen molar-refractivity contribution in [1.82, 2.24) is 0 Å². The molecule has 0 aliphatic heterocycles. The summed E-state index contributed by atoms with van der Waals surface area (Å²) in [5.41, 5.74) is 5.48. The van der Waals surface area contributed by atoms with E-state index in [0.29, 0.717) is 0 Å². The molecule has 0 aliphatic carbocycles. The van der Waals surface area contributed by atoms with Gasteiger partial charge < -0.3 is 10.5 Å². The third-order valence-electron chi connectivity index (χ3n) is 2.38. The predicted octanol–water partition coefficient (Wildman–Crippen LogP) is 1.35. The first-order valence-corrected chi connectivity index (χ1v) is 4.89. The minimum absolute atomic E-state index is 0.166. The molecule has 0 saturated carbocycles. The fourth-order valence-electron chi connectivity index (χ4n) is 1.05. The van der Waals surface area contributed by atoms with Crippen LogP contribution >= 0.6 is 0 Å². The van der Waals surface area contributed by atoms with Gasteiger partial charge in [0.25, 0.3) is 0 Å². The lowest BCUT2D eigenvalue weighted by atomic mass is 9.90. The molecule has 0 spiro atoms. The summed E-state index contributed by atoms with van der Waals surface area (Å²) in [5, 5.41) is 8.24. The standard InChI is InChI=1S/C10H18N2O2/c1-3-10(12,4-2)8-9(13)14-7-5-6-11/h3-5,7-8,12H2,1-2H3. The lowest BCUT2D eigenvalue weighted by molar-refractivity contribution is -0.145. The average molecular weight is 198 g/mol. The molecular formula is C10H18N2O2. The monoisotopic (exact) mass is 198 g/mol. The molecule has 2 N–H and O–H groups in total. The molecular weight excluding hydrogens is 180 g/mol. The Hall–Kier alpha value is -1.08. The summed E-state index contributed by atoms with van der Waals surface area (Å²) in [7, 11) is 0. The van der Waals surface area contributed by atoms with Crippen molar-refractivity contribution in [1.29, 1.82) is 5.26 Å². The zero-order valence-electron chi connectivity index (χ0n) is 8.88. The molecule has 0 saturated heterocycles. The molecule has 0 aliphatic rings. The van der Waals surface area contributed by atoms with Crippen LogP contribution in [-0.4, -0.2) is 18.1 Å². The Morgan fingerprint density at radius 3 is 2.50 bits per heavy atom. The SMILES string of the molecule is CCC(N)(CC)CC(=O)OCCC#N. The Morgan fingerprint density at radius 1 is 1.50 bits per heavy atom. The van der Waals surface area contributed by atoms with E-state index in [9.17, 15) is 4.79 Å². The van der Waals surface area contributed by atoms with Crippen molar-refractivity contribution >= 4 is 5.97 Å². The van der Waals surface area contributed by atoms with Gasteiger partial charge in [-0.3, -0.25) is 4.79 Å². The third-order valence-corrected chi connectivity index (χ3v) is 2.38. The quantitative estimate of drug-likeness (QED) is 0.516. The Balaban J connectivity index is 3.87. The largest absolute Gasteiger partial charge is 0.465 e. The number of nitriles is 1. The highest BCUT2D eigenvalue weighted by Gasteiger charge is 2.24. The van der Waals surface area contributed by atoms with Crippen LogP contribution in [0.1, 0.15) is 39.5 Å². The highest BCUT2D eigenvalue weighted by molar-refractivity contribution is 5.70. The Kier molecular flexibility index (Phi) is 5.89. The number of nitrogens with two attached hydrogens (primary N) is 1. The fourth-order valence-corrected chi connectivity index (χ4v) is 1.05. The topological polar surface area (TPSA) is 76.1 Å². The highest BCUT2D eigenvalue weighted by atomic mass is 16.5. The summed E-state index contributed by atoms with van der Waals surface area (Å²) in [4.78, 5) is 11.2. The Labute approximate surface area is 85.0 Å². The van der Waals surface area contributed by atoms with E-state index in [2.05, 4.69) is 0 Å². The Bertz CT molecular complexity index is 217. The molecule has 14 heavy (non-hydrogen) atoms. The summed E-state index contributed by atoms with van der Waals surface area (Å²) in [5.74, 6) is -0.313. The predicted molar refractivity (Wildman–Crippen MR) is 53.3 cm³/mol. The van der Waals surface area contributed by atoms with Crippen molar-refractivity contribution in [2.75, 3.05) is 6.61 Å². The molecule has 0 unspecified atom stereocenters. The number of esters is 1. The summed E-state index contributed by atoms with van der Waals surface area (Å²) < 4.78 is 4.84.